The van der Waals surface area contributed by atoms with Crippen molar-refractivity contribution in [3.8, 4) is 11.8 Å². The van der Waals surface area contributed by atoms with Gasteiger partial charge in [0.05, 0.1) is 24.6 Å². The summed E-state index contributed by atoms with van der Waals surface area (Å²) in [5.74, 6) is 4.41. The standard InChI is InChI=1S/C14H13FN4O/c1-19-9-17-8-13(19)14(20)18-11-4-5-12(15)10(7-11)3-2-6-16/h4-5,7-9H,6,16H2,1H3,(H,18,20). The Bertz CT molecular complexity index is 697. The van der Waals surface area contributed by atoms with Gasteiger partial charge in [0, 0.05) is 12.7 Å². The number of rotatable bonds is 2. The average Bonchev–Trinajstić information content (AvgIpc) is 2.85. The summed E-state index contributed by atoms with van der Waals surface area (Å²) in [5, 5.41) is 2.66. The van der Waals surface area contributed by atoms with Crippen LogP contribution in [0.25, 0.3) is 0 Å². The molecule has 0 radical (unpaired) electrons. The number of halogens is 1. The molecule has 3 N–H and O–H groups in total. The lowest BCUT2D eigenvalue weighted by Gasteiger charge is -2.06. The summed E-state index contributed by atoms with van der Waals surface area (Å²) < 4.78 is 15.1. The van der Waals surface area contributed by atoms with Gasteiger partial charge in [0.1, 0.15) is 11.5 Å². The van der Waals surface area contributed by atoms with Crippen molar-refractivity contribution in [2.24, 2.45) is 12.8 Å². The fourth-order valence-electron chi connectivity index (χ4n) is 1.62. The van der Waals surface area contributed by atoms with Gasteiger partial charge >= 0.3 is 0 Å². The van der Waals surface area contributed by atoms with Gasteiger partial charge < -0.3 is 15.6 Å². The Morgan fingerprint density at radius 2 is 2.35 bits per heavy atom. The molecule has 5 nitrogen and oxygen atoms in total. The van der Waals surface area contributed by atoms with E-state index in [1.165, 1.54) is 30.7 Å². The molecule has 0 unspecified atom stereocenters. The van der Waals surface area contributed by atoms with Crippen LogP contribution in [0.5, 0.6) is 0 Å². The Labute approximate surface area is 115 Å². The number of imidazole rings is 1. The Hall–Kier alpha value is -2.65. The van der Waals surface area contributed by atoms with Crippen molar-refractivity contribution in [2.75, 3.05) is 11.9 Å². The molecule has 1 aromatic carbocycles. The van der Waals surface area contributed by atoms with E-state index in [0.717, 1.165) is 0 Å². The third-order valence-electron chi connectivity index (χ3n) is 2.60. The number of carbonyl (C=O) groups excluding carboxylic acids is 1. The monoisotopic (exact) mass is 272 g/mol. The summed E-state index contributed by atoms with van der Waals surface area (Å²) >= 11 is 0. The van der Waals surface area contributed by atoms with Gasteiger partial charge in [-0.2, -0.15) is 0 Å². The molecule has 0 aliphatic rings. The van der Waals surface area contributed by atoms with Crippen LogP contribution in [0.15, 0.2) is 30.7 Å². The van der Waals surface area contributed by atoms with Gasteiger partial charge in [0.25, 0.3) is 5.91 Å². The minimum absolute atomic E-state index is 0.144. The molecule has 0 atom stereocenters. The fraction of sp³-hybridized carbons (Fsp3) is 0.143. The first kappa shape index (κ1) is 13.8. The van der Waals surface area contributed by atoms with Gasteiger partial charge in [-0.1, -0.05) is 11.8 Å². The smallest absolute Gasteiger partial charge is 0.273 e. The van der Waals surface area contributed by atoms with Crippen LogP contribution >= 0.6 is 0 Å². The second kappa shape index (κ2) is 5.99. The van der Waals surface area contributed by atoms with E-state index in [0.29, 0.717) is 11.4 Å². The van der Waals surface area contributed by atoms with E-state index in [4.69, 9.17) is 5.73 Å². The molecule has 102 valence electrons. The zero-order valence-corrected chi connectivity index (χ0v) is 10.9. The van der Waals surface area contributed by atoms with Crippen molar-refractivity contribution in [3.05, 3.63) is 47.8 Å². The molecule has 0 spiro atoms. The van der Waals surface area contributed by atoms with Gasteiger partial charge in [-0.25, -0.2) is 9.37 Å². The second-order valence-electron chi connectivity index (χ2n) is 4.04. The lowest BCUT2D eigenvalue weighted by molar-refractivity contribution is 0.101. The number of aromatic nitrogens is 2. The molecule has 0 fully saturated rings. The Kier molecular flexibility index (Phi) is 4.13. The highest BCUT2D eigenvalue weighted by molar-refractivity contribution is 6.03. The number of anilines is 1. The average molecular weight is 272 g/mol. The molecule has 2 aromatic rings. The molecule has 1 aromatic heterocycles. The summed E-state index contributed by atoms with van der Waals surface area (Å²) in [6.45, 7) is 0.144. The van der Waals surface area contributed by atoms with E-state index in [1.54, 1.807) is 11.6 Å². The summed E-state index contributed by atoms with van der Waals surface area (Å²) in [6.07, 6.45) is 2.98. The van der Waals surface area contributed by atoms with Crippen LogP contribution in [0.2, 0.25) is 0 Å². The van der Waals surface area contributed by atoms with Gasteiger partial charge in [-0.3, -0.25) is 4.79 Å². The highest BCUT2D eigenvalue weighted by Crippen LogP contribution is 2.15. The lowest BCUT2D eigenvalue weighted by atomic mass is 10.2. The first-order chi connectivity index (χ1) is 9.61. The Balaban J connectivity index is 2.22. The lowest BCUT2D eigenvalue weighted by Crippen LogP contribution is -2.15. The molecule has 1 amide bonds. The van der Waals surface area contributed by atoms with Crippen molar-refractivity contribution >= 4 is 11.6 Å². The van der Waals surface area contributed by atoms with Crippen molar-refractivity contribution < 1.29 is 9.18 Å². The molecule has 0 saturated carbocycles. The van der Waals surface area contributed by atoms with Gasteiger partial charge in [-0.05, 0) is 18.2 Å². The Morgan fingerprint density at radius 3 is 3.00 bits per heavy atom. The predicted octanol–water partition coefficient (Wildman–Crippen LogP) is 1.12. The second-order valence-corrected chi connectivity index (χ2v) is 4.04. The summed E-state index contributed by atoms with van der Waals surface area (Å²) in [5.41, 5.74) is 6.31. The SMILES string of the molecule is Cn1cncc1C(=O)Nc1ccc(F)c(C#CCN)c1. The fourth-order valence-corrected chi connectivity index (χ4v) is 1.62. The topological polar surface area (TPSA) is 72.9 Å². The highest BCUT2D eigenvalue weighted by Gasteiger charge is 2.10. The minimum Gasteiger partial charge on any atom is -0.330 e. The first-order valence-corrected chi connectivity index (χ1v) is 5.88. The number of amides is 1. The third kappa shape index (κ3) is 3.02. The molecule has 20 heavy (non-hydrogen) atoms. The number of aryl methyl sites for hydroxylation is 1. The molecule has 0 aliphatic carbocycles. The van der Waals surface area contributed by atoms with E-state index in [-0.39, 0.29) is 18.0 Å². The van der Waals surface area contributed by atoms with Crippen LogP contribution in [0.4, 0.5) is 10.1 Å². The van der Waals surface area contributed by atoms with Crippen LogP contribution in [-0.4, -0.2) is 22.0 Å². The van der Waals surface area contributed by atoms with Crippen LogP contribution in [0.1, 0.15) is 16.1 Å². The number of carbonyl (C=O) groups is 1. The van der Waals surface area contributed by atoms with Crippen molar-refractivity contribution in [3.63, 3.8) is 0 Å². The Morgan fingerprint density at radius 1 is 1.55 bits per heavy atom. The van der Waals surface area contributed by atoms with Gasteiger partial charge in [-0.15, -0.1) is 0 Å². The normalized spacial score (nSPS) is 9.75. The molecule has 1 heterocycles. The molecular weight excluding hydrogens is 259 g/mol. The third-order valence-corrected chi connectivity index (χ3v) is 2.60. The van der Waals surface area contributed by atoms with E-state index in [1.807, 2.05) is 0 Å². The molecular formula is C14H13FN4O. The maximum absolute atomic E-state index is 13.5. The molecule has 6 heteroatoms. The van der Waals surface area contributed by atoms with E-state index in [9.17, 15) is 9.18 Å². The van der Waals surface area contributed by atoms with E-state index in [2.05, 4.69) is 22.1 Å². The van der Waals surface area contributed by atoms with E-state index >= 15 is 0 Å². The molecule has 0 saturated heterocycles. The molecule has 2 rings (SSSR count). The first-order valence-electron chi connectivity index (χ1n) is 5.88. The maximum atomic E-state index is 13.5. The van der Waals surface area contributed by atoms with Crippen LogP contribution < -0.4 is 11.1 Å². The number of hydrogen-bond acceptors (Lipinski definition) is 3. The van der Waals surface area contributed by atoms with Crippen LogP contribution in [-0.2, 0) is 7.05 Å². The number of benzene rings is 1. The van der Waals surface area contributed by atoms with Crippen LogP contribution in [0.3, 0.4) is 0 Å². The molecule has 0 aliphatic heterocycles. The predicted molar refractivity (Wildman–Crippen MR) is 73.5 cm³/mol. The summed E-state index contributed by atoms with van der Waals surface area (Å²) in [7, 11) is 1.71. The van der Waals surface area contributed by atoms with Crippen LogP contribution in [0, 0.1) is 17.7 Å². The van der Waals surface area contributed by atoms with Gasteiger partial charge in [0.15, 0.2) is 0 Å². The largest absolute Gasteiger partial charge is 0.330 e. The van der Waals surface area contributed by atoms with Gasteiger partial charge in [0.2, 0.25) is 0 Å². The van der Waals surface area contributed by atoms with Crippen molar-refractivity contribution in [1.82, 2.24) is 9.55 Å². The highest BCUT2D eigenvalue weighted by atomic mass is 19.1. The quantitative estimate of drug-likeness (QED) is 0.805. The number of nitrogens with one attached hydrogen (secondary N) is 1. The summed E-state index contributed by atoms with van der Waals surface area (Å²) in [4.78, 5) is 15.8. The number of nitrogens with two attached hydrogens (primary N) is 1. The van der Waals surface area contributed by atoms with Crippen molar-refractivity contribution in [1.29, 1.82) is 0 Å². The summed E-state index contributed by atoms with van der Waals surface area (Å²) in [6, 6.07) is 4.18. The minimum atomic E-state index is -0.454. The molecule has 0 bridgehead atoms. The zero-order chi connectivity index (χ0) is 14.5. The van der Waals surface area contributed by atoms with E-state index < -0.39 is 5.82 Å². The number of hydrogen-bond donors (Lipinski definition) is 2. The number of nitrogens with zero attached hydrogens (tertiary/aromatic N) is 2. The maximum Gasteiger partial charge on any atom is 0.273 e. The zero-order valence-electron chi connectivity index (χ0n) is 10.9. The van der Waals surface area contributed by atoms with Crippen molar-refractivity contribution in [2.45, 2.75) is 0 Å².